The van der Waals surface area contributed by atoms with Crippen LogP contribution in [0, 0.1) is 0 Å². The van der Waals surface area contributed by atoms with E-state index in [4.69, 9.17) is 5.73 Å². The quantitative estimate of drug-likeness (QED) is 0.687. The number of amides is 1. The highest BCUT2D eigenvalue weighted by Gasteiger charge is 2.53. The van der Waals surface area contributed by atoms with Gasteiger partial charge in [-0.3, -0.25) is 9.69 Å². The summed E-state index contributed by atoms with van der Waals surface area (Å²) in [6.45, 7) is 3.85. The fraction of sp³-hybridized carbons (Fsp3) is 0.923. The SMILES string of the molecule is CN1C2CCC1CC(C(N)=O)(N1CCNCC1)C2. The fourth-order valence-corrected chi connectivity index (χ4v) is 4.15. The molecule has 0 spiro atoms. The van der Waals surface area contributed by atoms with Crippen molar-refractivity contribution in [1.82, 2.24) is 15.1 Å². The predicted molar refractivity (Wildman–Crippen MR) is 70.2 cm³/mol. The van der Waals surface area contributed by atoms with Crippen molar-refractivity contribution < 1.29 is 4.79 Å². The van der Waals surface area contributed by atoms with E-state index in [9.17, 15) is 4.79 Å². The van der Waals surface area contributed by atoms with Gasteiger partial charge in [-0.05, 0) is 32.7 Å². The number of piperazine rings is 1. The van der Waals surface area contributed by atoms with E-state index in [1.807, 2.05) is 0 Å². The van der Waals surface area contributed by atoms with Gasteiger partial charge in [-0.1, -0.05) is 0 Å². The molecule has 3 N–H and O–H groups in total. The molecule has 0 aromatic heterocycles. The summed E-state index contributed by atoms with van der Waals surface area (Å²) in [5, 5.41) is 3.35. The Morgan fingerprint density at radius 3 is 2.28 bits per heavy atom. The molecule has 3 rings (SSSR count). The van der Waals surface area contributed by atoms with E-state index in [0.717, 1.165) is 39.0 Å². The van der Waals surface area contributed by atoms with Crippen molar-refractivity contribution in [1.29, 1.82) is 0 Å². The standard InChI is InChI=1S/C13H24N4O/c1-16-10-2-3-11(16)9-13(8-10,12(14)18)17-6-4-15-5-7-17/h10-11,15H,2-9H2,1H3,(H2,14,18). The maximum absolute atomic E-state index is 12.1. The van der Waals surface area contributed by atoms with Crippen LogP contribution < -0.4 is 11.1 Å². The largest absolute Gasteiger partial charge is 0.368 e. The molecule has 5 nitrogen and oxygen atoms in total. The van der Waals surface area contributed by atoms with Gasteiger partial charge < -0.3 is 16.0 Å². The number of nitrogens with zero attached hydrogens (tertiary/aromatic N) is 2. The lowest BCUT2D eigenvalue weighted by molar-refractivity contribution is -0.136. The minimum Gasteiger partial charge on any atom is -0.368 e. The molecule has 3 saturated heterocycles. The van der Waals surface area contributed by atoms with Gasteiger partial charge in [0.15, 0.2) is 0 Å². The van der Waals surface area contributed by atoms with E-state index in [1.54, 1.807) is 0 Å². The number of primary amides is 1. The van der Waals surface area contributed by atoms with Crippen molar-refractivity contribution in [2.75, 3.05) is 33.2 Å². The van der Waals surface area contributed by atoms with Gasteiger partial charge in [0, 0.05) is 38.3 Å². The van der Waals surface area contributed by atoms with Gasteiger partial charge in [0.25, 0.3) is 0 Å². The summed E-state index contributed by atoms with van der Waals surface area (Å²) >= 11 is 0. The van der Waals surface area contributed by atoms with Crippen molar-refractivity contribution >= 4 is 5.91 Å². The Kier molecular flexibility index (Phi) is 3.08. The maximum Gasteiger partial charge on any atom is 0.238 e. The molecule has 0 aliphatic carbocycles. The van der Waals surface area contributed by atoms with Crippen LogP contribution in [0.3, 0.4) is 0 Å². The number of carbonyl (C=O) groups is 1. The molecule has 0 aromatic carbocycles. The Labute approximate surface area is 109 Å². The first-order valence-corrected chi connectivity index (χ1v) is 7.11. The summed E-state index contributed by atoms with van der Waals surface area (Å²) in [5.74, 6) is -0.102. The summed E-state index contributed by atoms with van der Waals surface area (Å²) in [7, 11) is 2.20. The fourth-order valence-electron chi connectivity index (χ4n) is 4.15. The molecule has 2 atom stereocenters. The smallest absolute Gasteiger partial charge is 0.238 e. The number of hydrogen-bond donors (Lipinski definition) is 2. The normalized spacial score (nSPS) is 42.1. The topological polar surface area (TPSA) is 61.6 Å². The molecule has 3 heterocycles. The molecule has 0 radical (unpaired) electrons. The first kappa shape index (κ1) is 12.4. The molecule has 102 valence electrons. The van der Waals surface area contributed by atoms with Crippen LogP contribution in [-0.4, -0.2) is 66.6 Å². The van der Waals surface area contributed by atoms with Gasteiger partial charge in [-0.2, -0.15) is 0 Å². The lowest BCUT2D eigenvalue weighted by Crippen LogP contribution is -2.67. The molecule has 3 aliphatic rings. The van der Waals surface area contributed by atoms with Gasteiger partial charge in [0.2, 0.25) is 5.91 Å². The van der Waals surface area contributed by atoms with Crippen LogP contribution in [0.15, 0.2) is 0 Å². The van der Waals surface area contributed by atoms with E-state index in [-0.39, 0.29) is 11.4 Å². The Morgan fingerprint density at radius 2 is 1.78 bits per heavy atom. The van der Waals surface area contributed by atoms with E-state index in [1.165, 1.54) is 12.8 Å². The number of hydrogen-bond acceptors (Lipinski definition) is 4. The molecule has 3 fully saturated rings. The number of piperidine rings is 1. The van der Waals surface area contributed by atoms with Crippen LogP contribution >= 0.6 is 0 Å². The lowest BCUT2D eigenvalue weighted by atomic mass is 9.80. The predicted octanol–water partition coefficient (Wildman–Crippen LogP) is -0.628. The van der Waals surface area contributed by atoms with Gasteiger partial charge in [-0.25, -0.2) is 0 Å². The van der Waals surface area contributed by atoms with Crippen molar-refractivity contribution in [2.45, 2.75) is 43.3 Å². The van der Waals surface area contributed by atoms with Gasteiger partial charge >= 0.3 is 0 Å². The van der Waals surface area contributed by atoms with Crippen LogP contribution in [0.4, 0.5) is 0 Å². The average Bonchev–Trinajstić information content (AvgIpc) is 2.63. The van der Waals surface area contributed by atoms with Crippen LogP contribution in [0.2, 0.25) is 0 Å². The van der Waals surface area contributed by atoms with Gasteiger partial charge in [0.1, 0.15) is 5.54 Å². The Morgan fingerprint density at radius 1 is 1.22 bits per heavy atom. The Hall–Kier alpha value is -0.650. The first-order chi connectivity index (χ1) is 8.63. The van der Waals surface area contributed by atoms with Crippen LogP contribution in [0.5, 0.6) is 0 Å². The van der Waals surface area contributed by atoms with E-state index < -0.39 is 0 Å². The van der Waals surface area contributed by atoms with Crippen LogP contribution in [0.25, 0.3) is 0 Å². The number of rotatable bonds is 2. The van der Waals surface area contributed by atoms with Crippen LogP contribution in [-0.2, 0) is 4.79 Å². The summed E-state index contributed by atoms with van der Waals surface area (Å²) < 4.78 is 0. The van der Waals surface area contributed by atoms with Gasteiger partial charge in [0.05, 0.1) is 0 Å². The zero-order valence-corrected chi connectivity index (χ0v) is 11.2. The number of nitrogens with one attached hydrogen (secondary N) is 1. The molecule has 2 bridgehead atoms. The first-order valence-electron chi connectivity index (χ1n) is 7.11. The molecule has 5 heteroatoms. The highest BCUT2D eigenvalue weighted by Crippen LogP contribution is 2.42. The van der Waals surface area contributed by atoms with Crippen molar-refractivity contribution in [3.05, 3.63) is 0 Å². The third-order valence-corrected chi connectivity index (χ3v) is 5.31. The molecular weight excluding hydrogens is 228 g/mol. The van der Waals surface area contributed by atoms with Crippen molar-refractivity contribution in [3.63, 3.8) is 0 Å². The molecule has 3 aliphatic heterocycles. The number of fused-ring (bicyclic) bond motifs is 2. The minimum absolute atomic E-state index is 0.102. The van der Waals surface area contributed by atoms with Crippen molar-refractivity contribution in [2.24, 2.45) is 5.73 Å². The third kappa shape index (κ3) is 1.76. The second-order valence-corrected chi connectivity index (χ2v) is 6.09. The number of carbonyl (C=O) groups excluding carboxylic acids is 1. The summed E-state index contributed by atoms with van der Waals surface area (Å²) in [6, 6.07) is 1.09. The van der Waals surface area contributed by atoms with Crippen LogP contribution in [0.1, 0.15) is 25.7 Å². The molecule has 2 unspecified atom stereocenters. The van der Waals surface area contributed by atoms with Crippen molar-refractivity contribution in [3.8, 4) is 0 Å². The molecule has 0 aromatic rings. The molecule has 1 amide bonds. The average molecular weight is 252 g/mol. The van der Waals surface area contributed by atoms with E-state index >= 15 is 0 Å². The third-order valence-electron chi connectivity index (χ3n) is 5.31. The Bertz CT molecular complexity index is 326. The summed E-state index contributed by atoms with van der Waals surface area (Å²) in [4.78, 5) is 17.0. The maximum atomic E-state index is 12.1. The number of nitrogens with two attached hydrogens (primary N) is 1. The Balaban J connectivity index is 1.86. The molecule has 18 heavy (non-hydrogen) atoms. The van der Waals surface area contributed by atoms with E-state index in [0.29, 0.717) is 12.1 Å². The monoisotopic (exact) mass is 252 g/mol. The zero-order valence-electron chi connectivity index (χ0n) is 11.2. The minimum atomic E-state index is -0.375. The zero-order chi connectivity index (χ0) is 12.8. The second kappa shape index (κ2) is 4.47. The van der Waals surface area contributed by atoms with Gasteiger partial charge in [-0.15, -0.1) is 0 Å². The lowest BCUT2D eigenvalue weighted by Gasteiger charge is -2.50. The molecule has 0 saturated carbocycles. The summed E-state index contributed by atoms with van der Waals surface area (Å²) in [6.07, 6.45) is 4.30. The van der Waals surface area contributed by atoms with E-state index in [2.05, 4.69) is 22.2 Å². The second-order valence-electron chi connectivity index (χ2n) is 6.09. The highest BCUT2D eigenvalue weighted by molar-refractivity contribution is 5.85. The highest BCUT2D eigenvalue weighted by atomic mass is 16.1. The molecular formula is C13H24N4O. The summed E-state index contributed by atoms with van der Waals surface area (Å²) in [5.41, 5.74) is 5.44.